The molecule has 3 atom stereocenters. The Balaban J connectivity index is 1.74. The van der Waals surface area contributed by atoms with Gasteiger partial charge in [0.2, 0.25) is 0 Å². The van der Waals surface area contributed by atoms with Crippen LogP contribution in [0.25, 0.3) is 0 Å². The summed E-state index contributed by atoms with van der Waals surface area (Å²) in [5, 5.41) is 4.42. The molecule has 2 heterocycles. The molecule has 0 amide bonds. The minimum Gasteiger partial charge on any atom is -0.465 e. The van der Waals surface area contributed by atoms with Crippen LogP contribution in [0.1, 0.15) is 52.0 Å². The number of aryl methyl sites for hydroxylation is 1. The van der Waals surface area contributed by atoms with Crippen LogP contribution < -0.4 is 5.32 Å². The van der Waals surface area contributed by atoms with Gasteiger partial charge in [-0.05, 0) is 61.2 Å². The average Bonchev–Trinajstić information content (AvgIpc) is 2.67. The van der Waals surface area contributed by atoms with Gasteiger partial charge in [0, 0.05) is 28.8 Å². The van der Waals surface area contributed by atoms with E-state index >= 15 is 0 Å². The topological polar surface area (TPSA) is 47.6 Å². The minimum absolute atomic E-state index is 0.0448. The summed E-state index contributed by atoms with van der Waals surface area (Å²) in [7, 11) is 1.40. The fraction of sp³-hybridized carbons (Fsp3) is 0.381. The second kappa shape index (κ2) is 6.93. The molecule has 0 unspecified atom stereocenters. The lowest BCUT2D eigenvalue weighted by Crippen LogP contribution is -2.36. The third-order valence-corrected chi connectivity index (χ3v) is 5.69. The number of halogens is 1. The molecule has 2 aromatic rings. The van der Waals surface area contributed by atoms with Crippen molar-refractivity contribution in [2.75, 3.05) is 19.0 Å². The number of anilines is 1. The van der Waals surface area contributed by atoms with Gasteiger partial charge < -0.3 is 14.8 Å². The molecule has 2 aromatic carbocycles. The third-order valence-electron chi connectivity index (χ3n) is 5.45. The molecule has 4 nitrogen and oxygen atoms in total. The highest BCUT2D eigenvalue weighted by atomic mass is 35.5. The van der Waals surface area contributed by atoms with Gasteiger partial charge in [0.1, 0.15) is 0 Å². The Labute approximate surface area is 158 Å². The Morgan fingerprint density at radius 3 is 2.85 bits per heavy atom. The maximum atomic E-state index is 11.8. The summed E-state index contributed by atoms with van der Waals surface area (Å²) in [5.41, 5.74) is 5.06. The lowest BCUT2D eigenvalue weighted by Gasteiger charge is -2.43. The summed E-state index contributed by atoms with van der Waals surface area (Å²) in [6, 6.07) is 11.9. The Morgan fingerprint density at radius 1 is 1.23 bits per heavy atom. The monoisotopic (exact) mass is 371 g/mol. The van der Waals surface area contributed by atoms with Gasteiger partial charge in [-0.1, -0.05) is 17.7 Å². The normalized spacial score (nSPS) is 24.2. The highest BCUT2D eigenvalue weighted by molar-refractivity contribution is 6.30. The van der Waals surface area contributed by atoms with Crippen LogP contribution in [0.2, 0.25) is 5.02 Å². The fourth-order valence-electron chi connectivity index (χ4n) is 4.22. The second-order valence-corrected chi connectivity index (χ2v) is 7.45. The van der Waals surface area contributed by atoms with Crippen LogP contribution in [-0.2, 0) is 9.47 Å². The van der Waals surface area contributed by atoms with E-state index in [4.69, 9.17) is 21.1 Å². The molecule has 26 heavy (non-hydrogen) atoms. The van der Waals surface area contributed by atoms with Crippen LogP contribution in [0.5, 0.6) is 0 Å². The molecular formula is C21H22ClNO3. The number of nitrogens with one attached hydrogen (secondary N) is 1. The number of hydrogen-bond acceptors (Lipinski definition) is 4. The molecule has 0 radical (unpaired) electrons. The molecule has 1 saturated heterocycles. The van der Waals surface area contributed by atoms with Crippen molar-refractivity contribution in [2.24, 2.45) is 5.92 Å². The molecule has 0 aromatic heterocycles. The number of hydrogen-bond donors (Lipinski definition) is 1. The summed E-state index contributed by atoms with van der Waals surface area (Å²) < 4.78 is 11.0. The lowest BCUT2D eigenvalue weighted by atomic mass is 9.76. The number of carbonyl (C=O) groups excluding carboxylic acids is 1. The zero-order valence-corrected chi connectivity index (χ0v) is 15.7. The van der Waals surface area contributed by atoms with E-state index in [1.165, 1.54) is 12.7 Å². The summed E-state index contributed by atoms with van der Waals surface area (Å²) in [4.78, 5) is 11.8. The Bertz CT molecular complexity index is 851. The van der Waals surface area contributed by atoms with E-state index in [-0.39, 0.29) is 18.1 Å². The summed E-state index contributed by atoms with van der Waals surface area (Å²) in [5.74, 6) is 0.0208. The lowest BCUT2D eigenvalue weighted by molar-refractivity contribution is -0.0381. The fourth-order valence-corrected chi connectivity index (χ4v) is 4.40. The number of benzene rings is 2. The molecule has 0 aliphatic carbocycles. The molecule has 2 aliphatic rings. The largest absolute Gasteiger partial charge is 0.465 e. The number of carbonyl (C=O) groups is 1. The molecule has 5 heteroatoms. The maximum Gasteiger partial charge on any atom is 0.337 e. The van der Waals surface area contributed by atoms with Gasteiger partial charge in [-0.25, -0.2) is 4.79 Å². The van der Waals surface area contributed by atoms with Crippen molar-refractivity contribution >= 4 is 23.3 Å². The van der Waals surface area contributed by atoms with Gasteiger partial charge >= 0.3 is 5.97 Å². The van der Waals surface area contributed by atoms with Crippen molar-refractivity contribution in [3.8, 4) is 0 Å². The highest BCUT2D eigenvalue weighted by Gasteiger charge is 2.40. The van der Waals surface area contributed by atoms with Crippen molar-refractivity contribution in [1.82, 2.24) is 0 Å². The molecule has 1 fully saturated rings. The van der Waals surface area contributed by atoms with E-state index < -0.39 is 0 Å². The van der Waals surface area contributed by atoms with Crippen LogP contribution in [0.4, 0.5) is 5.69 Å². The first-order valence-electron chi connectivity index (χ1n) is 8.95. The Morgan fingerprint density at radius 2 is 2.08 bits per heavy atom. The predicted molar refractivity (Wildman–Crippen MR) is 102 cm³/mol. The maximum absolute atomic E-state index is 11.8. The molecule has 1 N–H and O–H groups in total. The van der Waals surface area contributed by atoms with Crippen LogP contribution >= 0.6 is 11.6 Å². The summed E-state index contributed by atoms with van der Waals surface area (Å²) >= 11 is 6.22. The zero-order valence-electron chi connectivity index (χ0n) is 14.9. The molecule has 0 saturated carbocycles. The number of methoxy groups -OCH3 is 1. The van der Waals surface area contributed by atoms with Gasteiger partial charge in [0.25, 0.3) is 0 Å². The molecular weight excluding hydrogens is 350 g/mol. The van der Waals surface area contributed by atoms with Crippen molar-refractivity contribution in [3.63, 3.8) is 0 Å². The SMILES string of the molecule is COC(=O)c1ccc([C@@H]2Nc3ccc(Cl)cc3[C@@H]3OCCC[C@H]23)c(C)c1. The molecule has 0 bridgehead atoms. The third kappa shape index (κ3) is 2.97. The highest BCUT2D eigenvalue weighted by Crippen LogP contribution is 2.50. The van der Waals surface area contributed by atoms with Gasteiger partial charge in [-0.15, -0.1) is 0 Å². The van der Waals surface area contributed by atoms with Crippen molar-refractivity contribution < 1.29 is 14.3 Å². The van der Waals surface area contributed by atoms with Gasteiger partial charge in [-0.2, -0.15) is 0 Å². The second-order valence-electron chi connectivity index (χ2n) is 7.01. The van der Waals surface area contributed by atoms with Crippen molar-refractivity contribution in [1.29, 1.82) is 0 Å². The van der Waals surface area contributed by atoms with Crippen LogP contribution in [0, 0.1) is 12.8 Å². The summed E-state index contributed by atoms with van der Waals surface area (Å²) in [6.07, 6.45) is 2.18. The zero-order chi connectivity index (χ0) is 18.3. The molecule has 136 valence electrons. The molecule has 0 spiro atoms. The number of ether oxygens (including phenoxy) is 2. The van der Waals surface area contributed by atoms with E-state index in [9.17, 15) is 4.79 Å². The molecule has 2 aliphatic heterocycles. The van der Waals surface area contributed by atoms with Crippen LogP contribution in [0.3, 0.4) is 0 Å². The van der Waals surface area contributed by atoms with Crippen molar-refractivity contribution in [3.05, 3.63) is 63.7 Å². The number of esters is 1. The predicted octanol–water partition coefficient (Wildman–Crippen LogP) is 5.07. The molecule has 4 rings (SSSR count). The first-order valence-corrected chi connectivity index (χ1v) is 9.32. The van der Waals surface area contributed by atoms with E-state index in [1.54, 1.807) is 0 Å². The van der Waals surface area contributed by atoms with E-state index in [2.05, 4.69) is 5.32 Å². The van der Waals surface area contributed by atoms with Crippen LogP contribution in [0.15, 0.2) is 36.4 Å². The van der Waals surface area contributed by atoms with E-state index in [1.807, 2.05) is 43.3 Å². The van der Waals surface area contributed by atoms with Crippen molar-refractivity contribution in [2.45, 2.75) is 31.9 Å². The first-order chi connectivity index (χ1) is 12.6. The van der Waals surface area contributed by atoms with Gasteiger partial charge in [0.05, 0.1) is 24.8 Å². The smallest absolute Gasteiger partial charge is 0.337 e. The summed E-state index contributed by atoms with van der Waals surface area (Å²) in [6.45, 7) is 2.82. The quantitative estimate of drug-likeness (QED) is 0.749. The number of rotatable bonds is 2. The first kappa shape index (κ1) is 17.4. The standard InChI is InChI=1S/C21H22ClNO3/c1-12-10-13(21(24)25-2)5-7-15(12)19-16-4-3-9-26-20(16)17-11-14(22)6-8-18(17)23-19/h5-8,10-11,16,19-20,23H,3-4,9H2,1-2H3/t16-,19+,20-/m1/s1. The minimum atomic E-state index is -0.310. The average molecular weight is 372 g/mol. The Hall–Kier alpha value is -2.04. The van der Waals surface area contributed by atoms with E-state index in [0.29, 0.717) is 11.5 Å². The Kier molecular flexibility index (Phi) is 4.63. The van der Waals surface area contributed by atoms with Gasteiger partial charge in [-0.3, -0.25) is 0 Å². The van der Waals surface area contributed by atoms with E-state index in [0.717, 1.165) is 41.3 Å². The van der Waals surface area contributed by atoms with Crippen LogP contribution in [-0.4, -0.2) is 19.7 Å². The van der Waals surface area contributed by atoms with Gasteiger partial charge in [0.15, 0.2) is 0 Å². The number of fused-ring (bicyclic) bond motifs is 3.